The summed E-state index contributed by atoms with van der Waals surface area (Å²) in [6.45, 7) is 5.41. The Morgan fingerprint density at radius 1 is 1.12 bits per heavy atom. The molecule has 0 unspecified atom stereocenters. The molecule has 1 N–H and O–H groups in total. The largest absolute Gasteiger partial charge is 0.357 e. The summed E-state index contributed by atoms with van der Waals surface area (Å²) in [4.78, 5) is 32.0. The second-order valence-electron chi connectivity index (χ2n) is 6.47. The molecule has 1 fully saturated rings. The number of likely N-dealkylation sites (tertiary alicyclic amines) is 1. The van der Waals surface area contributed by atoms with Gasteiger partial charge < -0.3 is 10.2 Å². The van der Waals surface area contributed by atoms with Crippen molar-refractivity contribution in [2.24, 2.45) is 4.99 Å². The number of benzene rings is 1. The number of nitrogens with one attached hydrogen (secondary N) is 1. The van der Waals surface area contributed by atoms with Gasteiger partial charge in [-0.1, -0.05) is 24.3 Å². The van der Waals surface area contributed by atoms with Crippen LogP contribution < -0.4 is 5.32 Å². The summed E-state index contributed by atoms with van der Waals surface area (Å²) in [5, 5.41) is 3.33. The minimum atomic E-state index is -0.0663. The molecule has 2 aliphatic heterocycles. The molecule has 6 nitrogen and oxygen atoms in total. The van der Waals surface area contributed by atoms with Crippen LogP contribution in [0, 0.1) is 0 Å². The summed E-state index contributed by atoms with van der Waals surface area (Å²) in [5.74, 6) is 0.723. The first-order valence-corrected chi connectivity index (χ1v) is 9.12. The minimum Gasteiger partial charge on any atom is -0.357 e. The van der Waals surface area contributed by atoms with Crippen molar-refractivity contribution in [1.82, 2.24) is 15.1 Å². The topological polar surface area (TPSA) is 65.0 Å². The molecule has 25 heavy (non-hydrogen) atoms. The molecule has 2 heterocycles. The Morgan fingerprint density at radius 2 is 1.84 bits per heavy atom. The first-order chi connectivity index (χ1) is 12.2. The first kappa shape index (κ1) is 17.5. The van der Waals surface area contributed by atoms with Crippen molar-refractivity contribution < 1.29 is 9.59 Å². The summed E-state index contributed by atoms with van der Waals surface area (Å²) in [5.41, 5.74) is 2.74. The minimum absolute atomic E-state index is 0.0663. The van der Waals surface area contributed by atoms with Crippen molar-refractivity contribution in [2.45, 2.75) is 39.2 Å². The van der Waals surface area contributed by atoms with Crippen molar-refractivity contribution in [2.75, 3.05) is 26.2 Å². The number of guanidine groups is 1. The average Bonchev–Trinajstić information content (AvgIpc) is 2.63. The van der Waals surface area contributed by atoms with Gasteiger partial charge in [-0.05, 0) is 30.9 Å². The molecule has 0 bridgehead atoms. The van der Waals surface area contributed by atoms with Crippen LogP contribution in [0.2, 0.25) is 0 Å². The smallest absolute Gasteiger partial charge is 0.229 e. The van der Waals surface area contributed by atoms with E-state index in [0.29, 0.717) is 32.4 Å². The molecule has 0 atom stereocenters. The van der Waals surface area contributed by atoms with Crippen LogP contribution in [0.1, 0.15) is 37.3 Å². The van der Waals surface area contributed by atoms with Gasteiger partial charge in [0.25, 0.3) is 0 Å². The quantitative estimate of drug-likeness (QED) is 0.512. The number of hydrogen-bond donors (Lipinski definition) is 1. The summed E-state index contributed by atoms with van der Waals surface area (Å²) >= 11 is 0. The molecular formula is C19H26N4O2. The van der Waals surface area contributed by atoms with E-state index in [9.17, 15) is 9.59 Å². The van der Waals surface area contributed by atoms with Gasteiger partial charge in [-0.2, -0.15) is 0 Å². The number of carbonyl (C=O) groups is 2. The van der Waals surface area contributed by atoms with E-state index in [1.165, 1.54) is 16.0 Å². The average molecular weight is 342 g/mol. The van der Waals surface area contributed by atoms with Gasteiger partial charge >= 0.3 is 0 Å². The van der Waals surface area contributed by atoms with Gasteiger partial charge in [0.2, 0.25) is 11.8 Å². The molecule has 0 saturated carbocycles. The number of rotatable bonds is 4. The predicted molar refractivity (Wildman–Crippen MR) is 97.1 cm³/mol. The lowest BCUT2D eigenvalue weighted by Gasteiger charge is -2.32. The van der Waals surface area contributed by atoms with E-state index in [1.807, 2.05) is 6.92 Å². The number of piperidine rings is 1. The van der Waals surface area contributed by atoms with E-state index >= 15 is 0 Å². The maximum atomic E-state index is 11.9. The van der Waals surface area contributed by atoms with Crippen molar-refractivity contribution in [1.29, 1.82) is 0 Å². The molecule has 1 aromatic rings. The third-order valence-corrected chi connectivity index (χ3v) is 4.73. The Balaban J connectivity index is 1.63. The molecule has 1 saturated heterocycles. The predicted octanol–water partition coefficient (Wildman–Crippen LogP) is 1.55. The van der Waals surface area contributed by atoms with Gasteiger partial charge in [0, 0.05) is 39.0 Å². The van der Waals surface area contributed by atoms with Crippen LogP contribution in [0.4, 0.5) is 0 Å². The number of aliphatic imine (C=N–C) groups is 1. The number of hydrogen-bond acceptors (Lipinski definition) is 3. The van der Waals surface area contributed by atoms with E-state index in [-0.39, 0.29) is 11.8 Å². The van der Waals surface area contributed by atoms with Crippen LogP contribution in [-0.2, 0) is 22.6 Å². The Morgan fingerprint density at radius 3 is 2.56 bits per heavy atom. The Bertz CT molecular complexity index is 655. The first-order valence-electron chi connectivity index (χ1n) is 9.12. The zero-order chi connectivity index (χ0) is 17.6. The summed E-state index contributed by atoms with van der Waals surface area (Å²) in [6, 6.07) is 8.50. The van der Waals surface area contributed by atoms with Crippen LogP contribution >= 0.6 is 0 Å². The lowest BCUT2D eigenvalue weighted by molar-refractivity contribution is -0.147. The van der Waals surface area contributed by atoms with Crippen molar-refractivity contribution in [3.8, 4) is 0 Å². The monoisotopic (exact) mass is 342 g/mol. The third kappa shape index (κ3) is 4.18. The molecule has 3 rings (SSSR count). The number of nitrogens with zero attached hydrogens (tertiary/aromatic N) is 3. The van der Waals surface area contributed by atoms with Crippen molar-refractivity contribution in [3.63, 3.8) is 0 Å². The lowest BCUT2D eigenvalue weighted by atomic mass is 10.0. The third-order valence-electron chi connectivity index (χ3n) is 4.73. The zero-order valence-corrected chi connectivity index (χ0v) is 14.8. The van der Waals surface area contributed by atoms with E-state index < -0.39 is 0 Å². The molecule has 134 valence electrons. The number of amides is 2. The molecule has 1 aromatic carbocycles. The fourth-order valence-corrected chi connectivity index (χ4v) is 3.41. The number of carbonyl (C=O) groups excluding carboxylic acids is 2. The van der Waals surface area contributed by atoms with E-state index in [2.05, 4.69) is 39.5 Å². The fraction of sp³-hybridized carbons (Fsp3) is 0.526. The highest BCUT2D eigenvalue weighted by molar-refractivity contribution is 5.97. The van der Waals surface area contributed by atoms with Gasteiger partial charge in [-0.15, -0.1) is 0 Å². The van der Waals surface area contributed by atoms with Crippen LogP contribution in [0.5, 0.6) is 0 Å². The lowest BCUT2D eigenvalue weighted by Crippen LogP contribution is -2.45. The second kappa shape index (κ2) is 8.14. The summed E-state index contributed by atoms with van der Waals surface area (Å²) < 4.78 is 0. The highest BCUT2D eigenvalue weighted by Gasteiger charge is 2.25. The highest BCUT2D eigenvalue weighted by atomic mass is 16.2. The Labute approximate surface area is 148 Å². The van der Waals surface area contributed by atoms with Gasteiger partial charge in [0.05, 0.1) is 6.54 Å². The van der Waals surface area contributed by atoms with Gasteiger partial charge in [-0.3, -0.25) is 19.5 Å². The van der Waals surface area contributed by atoms with Gasteiger partial charge in [0.1, 0.15) is 0 Å². The number of imide groups is 1. The molecular weight excluding hydrogens is 316 g/mol. The molecule has 0 aliphatic carbocycles. The van der Waals surface area contributed by atoms with Crippen LogP contribution in [0.3, 0.4) is 0 Å². The molecule has 2 aliphatic rings. The Kier molecular flexibility index (Phi) is 5.68. The maximum Gasteiger partial charge on any atom is 0.229 e. The second-order valence-corrected chi connectivity index (χ2v) is 6.47. The Hall–Kier alpha value is -2.37. The normalized spacial score (nSPS) is 18.4. The highest BCUT2D eigenvalue weighted by Crippen LogP contribution is 2.18. The molecule has 0 spiro atoms. The van der Waals surface area contributed by atoms with E-state index in [4.69, 9.17) is 0 Å². The van der Waals surface area contributed by atoms with E-state index in [0.717, 1.165) is 32.0 Å². The molecule has 0 aromatic heterocycles. The van der Waals surface area contributed by atoms with Crippen molar-refractivity contribution in [3.05, 3.63) is 35.4 Å². The van der Waals surface area contributed by atoms with Crippen LogP contribution in [-0.4, -0.2) is 53.8 Å². The standard InChI is InChI=1S/C19H26N4O2/c1-2-20-19(21-11-13-23-17(24)8-5-9-18(23)25)22-12-10-15-6-3-4-7-16(15)14-22/h3-4,6-7H,2,5,8-14H2,1H3,(H,20,21). The maximum absolute atomic E-state index is 11.9. The van der Waals surface area contributed by atoms with Crippen molar-refractivity contribution >= 4 is 17.8 Å². The number of fused-ring (bicyclic) bond motifs is 1. The van der Waals surface area contributed by atoms with Gasteiger partial charge in [-0.25, -0.2) is 0 Å². The molecule has 6 heteroatoms. The van der Waals surface area contributed by atoms with Gasteiger partial charge in [0.15, 0.2) is 5.96 Å². The SMILES string of the molecule is CCNC(=NCCN1C(=O)CCCC1=O)N1CCc2ccccc2C1. The molecule has 0 radical (unpaired) electrons. The van der Waals surface area contributed by atoms with Crippen LogP contribution in [0.15, 0.2) is 29.3 Å². The van der Waals surface area contributed by atoms with Crippen LogP contribution in [0.25, 0.3) is 0 Å². The molecule has 2 amide bonds. The zero-order valence-electron chi connectivity index (χ0n) is 14.8. The van der Waals surface area contributed by atoms with E-state index in [1.54, 1.807) is 0 Å². The summed E-state index contributed by atoms with van der Waals surface area (Å²) in [6.07, 6.45) is 2.62. The summed E-state index contributed by atoms with van der Waals surface area (Å²) in [7, 11) is 0. The fourth-order valence-electron chi connectivity index (χ4n) is 3.41.